The number of amides is 3. The molecular weight excluding hydrogens is 432 g/mol. The molecule has 0 aromatic heterocycles. The summed E-state index contributed by atoms with van der Waals surface area (Å²) < 4.78 is 0. The van der Waals surface area contributed by atoms with Gasteiger partial charge in [0.1, 0.15) is 11.7 Å². The highest BCUT2D eigenvalue weighted by molar-refractivity contribution is 6.09. The maximum absolute atomic E-state index is 13.1. The van der Waals surface area contributed by atoms with Crippen molar-refractivity contribution >= 4 is 35.1 Å². The molecule has 3 fully saturated rings. The van der Waals surface area contributed by atoms with Gasteiger partial charge >= 0.3 is 5.97 Å². The summed E-state index contributed by atoms with van der Waals surface area (Å²) in [6.45, 7) is 2.03. The number of benzene rings is 1. The molecule has 0 spiro atoms. The fourth-order valence-corrected chi connectivity index (χ4v) is 5.43. The lowest BCUT2D eigenvalue weighted by atomic mass is 9.77. The topological polar surface area (TPSA) is 141 Å². The molecule has 0 aliphatic carbocycles. The number of aliphatic carboxylic acids is 1. The minimum absolute atomic E-state index is 0.129. The van der Waals surface area contributed by atoms with Crippen LogP contribution in [0, 0.1) is 16.0 Å². The first-order valence-electron chi connectivity index (χ1n) is 10.6. The Kier molecular flexibility index (Phi) is 4.59. The van der Waals surface area contributed by atoms with Crippen molar-refractivity contribution in [1.29, 1.82) is 0 Å². The van der Waals surface area contributed by atoms with E-state index < -0.39 is 28.9 Å². The zero-order valence-corrected chi connectivity index (χ0v) is 17.6. The third-order valence-corrected chi connectivity index (χ3v) is 6.87. The molecule has 4 aliphatic heterocycles. The van der Waals surface area contributed by atoms with Crippen molar-refractivity contribution in [2.45, 2.75) is 31.8 Å². The van der Waals surface area contributed by atoms with Gasteiger partial charge in [-0.1, -0.05) is 6.07 Å². The van der Waals surface area contributed by atoms with Crippen molar-refractivity contribution in [3.8, 4) is 0 Å². The summed E-state index contributed by atoms with van der Waals surface area (Å²) in [7, 11) is 0. The van der Waals surface area contributed by atoms with Crippen LogP contribution in [-0.2, 0) is 19.2 Å². The maximum Gasteiger partial charge on any atom is 0.352 e. The summed E-state index contributed by atoms with van der Waals surface area (Å²) in [5.41, 5.74) is 0.943. The highest BCUT2D eigenvalue weighted by Crippen LogP contribution is 2.49. The summed E-state index contributed by atoms with van der Waals surface area (Å²) in [4.78, 5) is 64.6. The molecule has 3 amide bonds. The van der Waals surface area contributed by atoms with Gasteiger partial charge in [0.05, 0.1) is 16.7 Å². The van der Waals surface area contributed by atoms with E-state index in [2.05, 4.69) is 0 Å². The van der Waals surface area contributed by atoms with Crippen LogP contribution >= 0.6 is 0 Å². The van der Waals surface area contributed by atoms with Gasteiger partial charge in [-0.15, -0.1) is 0 Å². The second-order valence-corrected chi connectivity index (χ2v) is 8.51. The minimum atomic E-state index is -1.25. The number of non-ortho nitro benzene ring substituents is 1. The first-order valence-corrected chi connectivity index (χ1v) is 10.6. The van der Waals surface area contributed by atoms with Crippen molar-refractivity contribution in [1.82, 2.24) is 9.80 Å². The van der Waals surface area contributed by atoms with Gasteiger partial charge in [-0.05, 0) is 30.6 Å². The number of carboxylic acid groups (broad SMARTS) is 1. The Labute approximate surface area is 187 Å². The van der Waals surface area contributed by atoms with Crippen LogP contribution in [-0.4, -0.2) is 68.7 Å². The molecule has 33 heavy (non-hydrogen) atoms. The fourth-order valence-electron chi connectivity index (χ4n) is 5.43. The van der Waals surface area contributed by atoms with Gasteiger partial charge in [0.25, 0.3) is 17.5 Å². The standard InChI is InChI=1S/C22H20N4O7/c1-11(27)23-8-6-15-16(18(22(30)31)25-17(15)19(23)21(25)29)9-12-5-7-24(20(12)28)13-3-2-4-14(10-13)26(32)33/h2-4,9-10,15,17,19H,5-8H2,1H3,(H,30,31)/b12-9+/t15?,17-,19+/m1/s1. The van der Waals surface area contributed by atoms with Crippen LogP contribution in [0.3, 0.4) is 0 Å². The van der Waals surface area contributed by atoms with Gasteiger partial charge in [0.15, 0.2) is 0 Å². The summed E-state index contributed by atoms with van der Waals surface area (Å²) in [6.07, 6.45) is 2.40. The highest BCUT2D eigenvalue weighted by Gasteiger charge is 2.63. The molecule has 5 rings (SSSR count). The van der Waals surface area contributed by atoms with Crippen molar-refractivity contribution in [2.75, 3.05) is 18.0 Å². The highest BCUT2D eigenvalue weighted by atomic mass is 16.6. The molecule has 170 valence electrons. The Bertz CT molecular complexity index is 1200. The summed E-state index contributed by atoms with van der Waals surface area (Å²) >= 11 is 0. The van der Waals surface area contributed by atoms with Gasteiger partial charge < -0.3 is 14.9 Å². The number of hydrogen-bond donors (Lipinski definition) is 1. The lowest BCUT2D eigenvalue weighted by Gasteiger charge is -2.53. The SMILES string of the molecule is CC(=O)N1CCC2C(/C=C3\CCN(c4cccc([N+](=O)[O-])c4)C3=O)=C(C(=O)O)N3C(=O)[C@@H]1[C@@H]23. The van der Waals surface area contributed by atoms with E-state index in [9.17, 15) is 34.4 Å². The first-order chi connectivity index (χ1) is 15.7. The second kappa shape index (κ2) is 7.26. The van der Waals surface area contributed by atoms with E-state index in [0.717, 1.165) is 0 Å². The predicted molar refractivity (Wildman–Crippen MR) is 113 cm³/mol. The summed E-state index contributed by atoms with van der Waals surface area (Å²) in [5.74, 6) is -2.53. The first kappa shape index (κ1) is 20.9. The normalized spacial score (nSPS) is 27.2. The molecule has 0 radical (unpaired) electrons. The third-order valence-electron chi connectivity index (χ3n) is 6.87. The van der Waals surface area contributed by atoms with E-state index in [0.29, 0.717) is 42.8 Å². The fraction of sp³-hybridized carbons (Fsp3) is 0.364. The number of carbonyl (C=O) groups excluding carboxylic acids is 3. The van der Waals surface area contributed by atoms with Crippen LogP contribution in [0.5, 0.6) is 0 Å². The number of nitrogens with zero attached hydrogens (tertiary/aromatic N) is 4. The summed E-state index contributed by atoms with van der Waals surface area (Å²) in [5, 5.41) is 20.9. The maximum atomic E-state index is 13.1. The molecule has 11 nitrogen and oxygen atoms in total. The number of rotatable bonds is 4. The van der Waals surface area contributed by atoms with E-state index in [-0.39, 0.29) is 29.1 Å². The van der Waals surface area contributed by atoms with Crippen molar-refractivity contribution < 1.29 is 29.2 Å². The zero-order chi connectivity index (χ0) is 23.6. The van der Waals surface area contributed by atoms with Crippen LogP contribution in [0.25, 0.3) is 0 Å². The molecule has 1 N–H and O–H groups in total. The molecule has 0 saturated carbocycles. The van der Waals surface area contributed by atoms with Crippen LogP contribution < -0.4 is 4.90 Å². The largest absolute Gasteiger partial charge is 0.477 e. The van der Waals surface area contributed by atoms with Crippen LogP contribution in [0.4, 0.5) is 11.4 Å². The molecule has 3 saturated heterocycles. The molecule has 1 aromatic rings. The molecular formula is C22H20N4O7. The van der Waals surface area contributed by atoms with Gasteiger partial charge in [-0.2, -0.15) is 0 Å². The molecule has 1 aromatic carbocycles. The molecule has 11 heteroatoms. The minimum Gasteiger partial charge on any atom is -0.477 e. The molecule has 4 aliphatic rings. The number of piperidine rings is 1. The number of hydrogen-bond acceptors (Lipinski definition) is 6. The van der Waals surface area contributed by atoms with E-state index in [1.165, 1.54) is 39.8 Å². The number of carboxylic acids is 1. The molecule has 4 heterocycles. The zero-order valence-electron chi connectivity index (χ0n) is 17.6. The number of nitro benzene ring substituents is 1. The second-order valence-electron chi connectivity index (χ2n) is 8.51. The van der Waals surface area contributed by atoms with Gasteiger partial charge in [0, 0.05) is 43.6 Å². The number of β-lactam (4-membered cyclic amide) rings is 1. The van der Waals surface area contributed by atoms with Crippen LogP contribution in [0.1, 0.15) is 19.8 Å². The monoisotopic (exact) mass is 452 g/mol. The van der Waals surface area contributed by atoms with Crippen molar-refractivity contribution in [3.63, 3.8) is 0 Å². The Morgan fingerprint density at radius 3 is 2.67 bits per heavy atom. The van der Waals surface area contributed by atoms with Crippen LogP contribution in [0.15, 0.2) is 47.2 Å². The summed E-state index contributed by atoms with van der Waals surface area (Å²) in [6, 6.07) is 4.67. The van der Waals surface area contributed by atoms with Crippen molar-refractivity contribution in [2.24, 2.45) is 5.92 Å². The molecule has 1 unspecified atom stereocenters. The average molecular weight is 452 g/mol. The average Bonchev–Trinajstić information content (AvgIpc) is 3.30. The lowest BCUT2D eigenvalue weighted by Crippen LogP contribution is -2.73. The number of nitro groups is 1. The Hall–Kier alpha value is -4.02. The van der Waals surface area contributed by atoms with Gasteiger partial charge in [0.2, 0.25) is 5.91 Å². The lowest BCUT2D eigenvalue weighted by molar-refractivity contribution is -0.384. The smallest absolute Gasteiger partial charge is 0.352 e. The number of anilines is 1. The van der Waals surface area contributed by atoms with E-state index in [1.54, 1.807) is 12.1 Å². The molecule has 0 bridgehead atoms. The predicted octanol–water partition coefficient (Wildman–Crippen LogP) is 1.06. The van der Waals surface area contributed by atoms with Gasteiger partial charge in [-0.3, -0.25) is 29.4 Å². The van der Waals surface area contributed by atoms with E-state index in [4.69, 9.17) is 0 Å². The quantitative estimate of drug-likeness (QED) is 0.312. The third kappa shape index (κ3) is 2.95. The van der Waals surface area contributed by atoms with Gasteiger partial charge in [-0.25, -0.2) is 4.79 Å². The number of likely N-dealkylation sites (tertiary alicyclic amines) is 1. The Balaban J connectivity index is 1.48. The van der Waals surface area contributed by atoms with E-state index >= 15 is 0 Å². The van der Waals surface area contributed by atoms with Crippen molar-refractivity contribution in [3.05, 3.63) is 57.3 Å². The Morgan fingerprint density at radius 1 is 1.24 bits per heavy atom. The molecule has 3 atom stereocenters. The number of allylic oxidation sites excluding steroid dienone is 1. The van der Waals surface area contributed by atoms with Crippen LogP contribution in [0.2, 0.25) is 0 Å². The van der Waals surface area contributed by atoms with E-state index in [1.807, 2.05) is 0 Å². The Morgan fingerprint density at radius 2 is 2.00 bits per heavy atom. The number of carbonyl (C=O) groups is 4.